The Morgan fingerprint density at radius 2 is 1.75 bits per heavy atom. The number of anilines is 1. The van der Waals surface area contributed by atoms with Crippen LogP contribution in [-0.2, 0) is 20.0 Å². The molecule has 1 N–H and O–H groups in total. The van der Waals surface area contributed by atoms with Crippen LogP contribution in [0.5, 0.6) is 0 Å². The second-order valence-corrected chi connectivity index (χ2v) is 10.4. The number of nitrogens with zero attached hydrogens (tertiary/aromatic N) is 2. The minimum Gasteiger partial charge on any atom is -0.284 e. The molecule has 1 aliphatic rings. The summed E-state index contributed by atoms with van der Waals surface area (Å²) in [6, 6.07) is 9.52. The van der Waals surface area contributed by atoms with Gasteiger partial charge in [0.2, 0.25) is 20.0 Å². The summed E-state index contributed by atoms with van der Waals surface area (Å²) < 4.78 is 64.6. The van der Waals surface area contributed by atoms with Gasteiger partial charge in [-0.1, -0.05) is 29.8 Å². The Kier molecular flexibility index (Phi) is 5.39. The molecule has 0 amide bonds. The summed E-state index contributed by atoms with van der Waals surface area (Å²) in [7, 11) is -7.19. The molecule has 0 bridgehead atoms. The van der Waals surface area contributed by atoms with Gasteiger partial charge in [0.1, 0.15) is 5.82 Å². The molecule has 3 rings (SSSR count). The van der Waals surface area contributed by atoms with Crippen molar-refractivity contribution in [2.75, 3.05) is 17.2 Å². The van der Waals surface area contributed by atoms with Gasteiger partial charge in [-0.2, -0.15) is 9.52 Å². The average molecular weight is 446 g/mol. The number of nitrogens with one attached hydrogen (secondary N) is 1. The van der Waals surface area contributed by atoms with Gasteiger partial charge in [0.15, 0.2) is 0 Å². The third kappa shape index (κ3) is 4.45. The highest BCUT2D eigenvalue weighted by molar-refractivity contribution is 7.92. The zero-order chi connectivity index (χ0) is 20.7. The highest BCUT2D eigenvalue weighted by Crippen LogP contribution is 2.39. The first-order valence-electron chi connectivity index (χ1n) is 8.05. The Hall–Kier alpha value is -2.17. The van der Waals surface area contributed by atoms with Gasteiger partial charge in [0, 0.05) is 22.7 Å². The fourth-order valence-electron chi connectivity index (χ4n) is 2.96. The van der Waals surface area contributed by atoms with Crippen molar-refractivity contribution < 1.29 is 21.2 Å². The number of rotatable bonds is 5. The molecule has 0 unspecified atom stereocenters. The lowest BCUT2D eigenvalue weighted by Crippen LogP contribution is -2.26. The molecule has 0 aliphatic carbocycles. The first-order valence-corrected chi connectivity index (χ1v) is 12.2. The Morgan fingerprint density at radius 1 is 1.11 bits per heavy atom. The molecule has 1 aliphatic heterocycles. The van der Waals surface area contributed by atoms with Gasteiger partial charge >= 0.3 is 0 Å². The lowest BCUT2D eigenvalue weighted by molar-refractivity contribution is 0.365. The first kappa shape index (κ1) is 20.6. The number of hydrogen-bond acceptors (Lipinski definition) is 5. The highest BCUT2D eigenvalue weighted by Gasteiger charge is 2.37. The van der Waals surface area contributed by atoms with E-state index in [1.165, 1.54) is 30.3 Å². The van der Waals surface area contributed by atoms with Crippen LogP contribution in [0.4, 0.5) is 10.1 Å². The third-order valence-electron chi connectivity index (χ3n) is 4.07. The Morgan fingerprint density at radius 3 is 2.29 bits per heavy atom. The van der Waals surface area contributed by atoms with E-state index in [-0.39, 0.29) is 17.0 Å². The lowest BCUT2D eigenvalue weighted by atomic mass is 9.98. The molecule has 0 aromatic heterocycles. The molecule has 0 saturated heterocycles. The maximum Gasteiger partial charge on any atom is 0.247 e. The van der Waals surface area contributed by atoms with Crippen LogP contribution in [0.1, 0.15) is 23.6 Å². The van der Waals surface area contributed by atoms with E-state index in [0.29, 0.717) is 17.0 Å². The molecular weight excluding hydrogens is 429 g/mol. The Labute approximate surface area is 167 Å². The van der Waals surface area contributed by atoms with Gasteiger partial charge in [0.05, 0.1) is 24.3 Å². The molecule has 7 nitrogen and oxygen atoms in total. The van der Waals surface area contributed by atoms with Crippen LogP contribution in [-0.4, -0.2) is 39.5 Å². The predicted octanol–water partition coefficient (Wildman–Crippen LogP) is 2.96. The van der Waals surface area contributed by atoms with Gasteiger partial charge in [0.25, 0.3) is 0 Å². The van der Waals surface area contributed by atoms with Crippen LogP contribution < -0.4 is 4.72 Å². The Balaban J connectivity index is 1.98. The number of hydrazone groups is 1. The molecule has 11 heteroatoms. The summed E-state index contributed by atoms with van der Waals surface area (Å²) in [5.41, 5.74) is 1.42. The number of sulfonamides is 2. The summed E-state index contributed by atoms with van der Waals surface area (Å²) in [4.78, 5) is 0. The van der Waals surface area contributed by atoms with E-state index < -0.39 is 31.9 Å². The minimum atomic E-state index is -3.78. The minimum absolute atomic E-state index is 0.0590. The molecule has 150 valence electrons. The van der Waals surface area contributed by atoms with Gasteiger partial charge in [-0.15, -0.1) is 0 Å². The molecule has 0 spiro atoms. The van der Waals surface area contributed by atoms with Gasteiger partial charge in [-0.3, -0.25) is 4.72 Å². The monoisotopic (exact) mass is 445 g/mol. The predicted molar refractivity (Wildman–Crippen MR) is 107 cm³/mol. The van der Waals surface area contributed by atoms with E-state index in [1.54, 1.807) is 12.1 Å². The molecule has 0 fully saturated rings. The topological polar surface area (TPSA) is 95.9 Å². The van der Waals surface area contributed by atoms with Crippen molar-refractivity contribution in [3.8, 4) is 0 Å². The quantitative estimate of drug-likeness (QED) is 0.765. The van der Waals surface area contributed by atoms with Crippen molar-refractivity contribution in [2.45, 2.75) is 12.5 Å². The van der Waals surface area contributed by atoms with Crippen LogP contribution in [0, 0.1) is 5.82 Å². The SMILES string of the molecule is CS(=O)(=O)Nc1ccc(C2=NN(S(C)(=O)=O)[C@@H](c3c(F)cccc3Cl)C2)cc1. The van der Waals surface area contributed by atoms with E-state index in [9.17, 15) is 21.2 Å². The molecule has 1 atom stereocenters. The number of benzene rings is 2. The van der Waals surface area contributed by atoms with E-state index in [4.69, 9.17) is 11.6 Å². The highest BCUT2D eigenvalue weighted by atomic mass is 35.5. The molecule has 2 aromatic rings. The third-order valence-corrected chi connectivity index (χ3v) is 6.02. The molecule has 0 radical (unpaired) electrons. The smallest absolute Gasteiger partial charge is 0.247 e. The summed E-state index contributed by atoms with van der Waals surface area (Å²) >= 11 is 6.12. The van der Waals surface area contributed by atoms with Crippen LogP contribution >= 0.6 is 11.6 Å². The average Bonchev–Trinajstić information content (AvgIpc) is 2.99. The van der Waals surface area contributed by atoms with Crippen LogP contribution in [0.3, 0.4) is 0 Å². The summed E-state index contributed by atoms with van der Waals surface area (Å²) in [5.74, 6) is -0.615. The van der Waals surface area contributed by atoms with Crippen molar-refractivity contribution in [3.63, 3.8) is 0 Å². The molecule has 0 saturated carbocycles. The van der Waals surface area contributed by atoms with Crippen LogP contribution in [0.15, 0.2) is 47.6 Å². The van der Waals surface area contributed by atoms with E-state index in [2.05, 4.69) is 9.82 Å². The van der Waals surface area contributed by atoms with Gasteiger partial charge < -0.3 is 0 Å². The number of hydrogen-bond donors (Lipinski definition) is 1. The lowest BCUT2D eigenvalue weighted by Gasteiger charge is -2.22. The van der Waals surface area contributed by atoms with E-state index >= 15 is 0 Å². The first-order chi connectivity index (χ1) is 13.0. The maximum atomic E-state index is 14.4. The van der Waals surface area contributed by atoms with Crippen molar-refractivity contribution in [1.29, 1.82) is 0 Å². The van der Waals surface area contributed by atoms with E-state index in [0.717, 1.165) is 16.9 Å². The molecular formula is C17H17ClFN3O4S2. The fraction of sp³-hybridized carbons (Fsp3) is 0.235. The second-order valence-electron chi connectivity index (χ2n) is 6.39. The molecule has 1 heterocycles. The second kappa shape index (κ2) is 7.34. The zero-order valence-electron chi connectivity index (χ0n) is 14.9. The van der Waals surface area contributed by atoms with Crippen molar-refractivity contribution >= 4 is 43.0 Å². The largest absolute Gasteiger partial charge is 0.284 e. The fourth-order valence-corrected chi connectivity index (χ4v) is 4.70. The van der Waals surface area contributed by atoms with E-state index in [1.807, 2.05) is 0 Å². The number of halogens is 2. The normalized spacial score (nSPS) is 17.5. The Bertz CT molecular complexity index is 1130. The van der Waals surface area contributed by atoms with Crippen molar-refractivity contribution in [1.82, 2.24) is 4.41 Å². The van der Waals surface area contributed by atoms with Crippen LogP contribution in [0.25, 0.3) is 0 Å². The summed E-state index contributed by atoms with van der Waals surface area (Å²) in [6.45, 7) is 0. The summed E-state index contributed by atoms with van der Waals surface area (Å²) in [6.07, 6.45) is 2.14. The van der Waals surface area contributed by atoms with Crippen molar-refractivity contribution in [2.24, 2.45) is 5.10 Å². The van der Waals surface area contributed by atoms with Crippen molar-refractivity contribution in [3.05, 3.63) is 64.4 Å². The standard InChI is InChI=1S/C17H17ClFN3O4S2/c1-27(23,24)21-12-8-6-11(7-9-12)15-10-16(22(20-15)28(2,25)26)17-13(18)4-3-5-14(17)19/h3-9,16,21H,10H2,1-2H3/t16-/m1/s1. The van der Waals surface area contributed by atoms with Gasteiger partial charge in [-0.25, -0.2) is 21.2 Å². The zero-order valence-corrected chi connectivity index (χ0v) is 17.3. The van der Waals surface area contributed by atoms with Gasteiger partial charge in [-0.05, 0) is 29.8 Å². The van der Waals surface area contributed by atoms with Crippen LogP contribution in [0.2, 0.25) is 5.02 Å². The molecule has 2 aromatic carbocycles. The molecule has 28 heavy (non-hydrogen) atoms. The maximum absolute atomic E-state index is 14.4. The summed E-state index contributed by atoms with van der Waals surface area (Å²) in [5, 5.41) is 4.29.